The third kappa shape index (κ3) is 5.42. The average molecular weight is 351 g/mol. The van der Waals surface area contributed by atoms with Crippen molar-refractivity contribution in [3.8, 4) is 0 Å². The molecule has 0 radical (unpaired) electrons. The molecule has 0 aromatic carbocycles. The minimum absolute atomic E-state index is 0.146. The van der Waals surface area contributed by atoms with Gasteiger partial charge in [0, 0.05) is 46.2 Å². The Morgan fingerprint density at radius 2 is 2.16 bits per heavy atom. The van der Waals surface area contributed by atoms with E-state index in [2.05, 4.69) is 20.4 Å². The van der Waals surface area contributed by atoms with Crippen LogP contribution in [0.15, 0.2) is 6.33 Å². The van der Waals surface area contributed by atoms with E-state index < -0.39 is 0 Å². The van der Waals surface area contributed by atoms with Crippen LogP contribution >= 0.6 is 0 Å². The van der Waals surface area contributed by atoms with Gasteiger partial charge in [0.1, 0.15) is 6.33 Å². The highest BCUT2D eigenvalue weighted by atomic mass is 16.2. The maximum absolute atomic E-state index is 12.2. The first kappa shape index (κ1) is 19.2. The Labute approximate surface area is 149 Å². The number of likely N-dealkylation sites (N-methyl/N-ethyl adjacent to an activating group) is 1. The van der Waals surface area contributed by atoms with Gasteiger partial charge in [0.25, 0.3) is 0 Å². The van der Waals surface area contributed by atoms with E-state index in [0.717, 1.165) is 31.8 Å². The third-order valence-electron chi connectivity index (χ3n) is 4.52. The molecule has 1 aliphatic rings. The first-order valence-electron chi connectivity index (χ1n) is 8.64. The lowest BCUT2D eigenvalue weighted by molar-refractivity contribution is -0.129. The van der Waals surface area contributed by atoms with E-state index >= 15 is 0 Å². The molecule has 1 aromatic rings. The summed E-state index contributed by atoms with van der Waals surface area (Å²) in [6.07, 6.45) is 3.87. The SMILES string of the molecule is CN(C)CCN1C(=O)CCC1CCNC(=O)N(C)Cc1nncn1C. The third-order valence-corrected chi connectivity index (χ3v) is 4.52. The molecule has 1 atom stereocenters. The smallest absolute Gasteiger partial charge is 0.317 e. The van der Waals surface area contributed by atoms with E-state index in [1.165, 1.54) is 0 Å². The molecule has 3 amide bonds. The molecular weight excluding hydrogens is 322 g/mol. The summed E-state index contributed by atoms with van der Waals surface area (Å²) in [6.45, 7) is 2.56. The van der Waals surface area contributed by atoms with Gasteiger partial charge in [-0.3, -0.25) is 4.79 Å². The second-order valence-corrected chi connectivity index (χ2v) is 6.82. The zero-order valence-corrected chi connectivity index (χ0v) is 15.6. The molecule has 1 unspecified atom stereocenters. The van der Waals surface area contributed by atoms with Gasteiger partial charge in [-0.25, -0.2) is 4.79 Å². The second-order valence-electron chi connectivity index (χ2n) is 6.82. The quantitative estimate of drug-likeness (QED) is 0.707. The lowest BCUT2D eigenvalue weighted by atomic mass is 10.1. The first-order chi connectivity index (χ1) is 11.9. The van der Waals surface area contributed by atoms with E-state index in [1.54, 1.807) is 22.8 Å². The number of rotatable bonds is 8. The normalized spacial score (nSPS) is 17.4. The Kier molecular flexibility index (Phi) is 6.74. The number of carbonyl (C=O) groups is 2. The van der Waals surface area contributed by atoms with E-state index in [1.807, 2.05) is 26.0 Å². The number of aromatic nitrogens is 3. The number of urea groups is 1. The molecular formula is C16H29N7O2. The second kappa shape index (κ2) is 8.80. The molecule has 140 valence electrons. The molecule has 1 aromatic heterocycles. The summed E-state index contributed by atoms with van der Waals surface area (Å²) in [5, 5.41) is 10.7. The number of hydrogen-bond acceptors (Lipinski definition) is 5. The largest absolute Gasteiger partial charge is 0.338 e. The van der Waals surface area contributed by atoms with Crippen LogP contribution in [0.4, 0.5) is 4.79 Å². The van der Waals surface area contributed by atoms with Crippen LogP contribution in [-0.4, -0.2) is 88.2 Å². The van der Waals surface area contributed by atoms with Crippen LogP contribution in [0.3, 0.4) is 0 Å². The summed E-state index contributed by atoms with van der Waals surface area (Å²) in [5.41, 5.74) is 0. The molecule has 2 rings (SSSR count). The Morgan fingerprint density at radius 3 is 2.80 bits per heavy atom. The molecule has 25 heavy (non-hydrogen) atoms. The standard InChI is InChI=1S/C16H29N7O2/c1-20(2)9-10-23-13(5-6-15(23)24)7-8-17-16(25)21(3)11-14-19-18-12-22(14)4/h12-13H,5-11H2,1-4H3,(H,17,25). The van der Waals surface area contributed by atoms with Crippen LogP contribution < -0.4 is 5.32 Å². The number of likely N-dealkylation sites (tertiary alicyclic amines) is 1. The van der Waals surface area contributed by atoms with Crippen LogP contribution in [0.2, 0.25) is 0 Å². The molecule has 0 spiro atoms. The molecule has 9 nitrogen and oxygen atoms in total. The Bertz CT molecular complexity index is 587. The number of aryl methyl sites for hydroxylation is 1. The Balaban J connectivity index is 1.74. The van der Waals surface area contributed by atoms with Crippen LogP contribution in [0.5, 0.6) is 0 Å². The van der Waals surface area contributed by atoms with Gasteiger partial charge in [0.05, 0.1) is 6.54 Å². The van der Waals surface area contributed by atoms with Gasteiger partial charge < -0.3 is 24.6 Å². The summed E-state index contributed by atoms with van der Waals surface area (Å²) >= 11 is 0. The molecule has 0 bridgehead atoms. The molecule has 0 aliphatic carbocycles. The van der Waals surface area contributed by atoms with Gasteiger partial charge in [-0.2, -0.15) is 0 Å². The summed E-state index contributed by atoms with van der Waals surface area (Å²) in [7, 11) is 7.58. The Morgan fingerprint density at radius 1 is 1.40 bits per heavy atom. The highest BCUT2D eigenvalue weighted by Crippen LogP contribution is 2.20. The van der Waals surface area contributed by atoms with E-state index in [-0.39, 0.29) is 18.0 Å². The molecule has 1 fully saturated rings. The van der Waals surface area contributed by atoms with Crippen molar-refractivity contribution in [3.63, 3.8) is 0 Å². The van der Waals surface area contributed by atoms with Crippen molar-refractivity contribution in [1.29, 1.82) is 0 Å². The number of amides is 3. The van der Waals surface area contributed by atoms with Crippen molar-refractivity contribution < 1.29 is 9.59 Å². The van der Waals surface area contributed by atoms with Crippen molar-refractivity contribution in [2.45, 2.75) is 31.8 Å². The summed E-state index contributed by atoms with van der Waals surface area (Å²) in [6, 6.07) is 0.0731. The van der Waals surface area contributed by atoms with Gasteiger partial charge in [0.2, 0.25) is 5.91 Å². The van der Waals surface area contributed by atoms with Crippen molar-refractivity contribution in [2.24, 2.45) is 7.05 Å². The fraction of sp³-hybridized carbons (Fsp3) is 0.750. The maximum atomic E-state index is 12.2. The molecule has 2 heterocycles. The van der Waals surface area contributed by atoms with Crippen LogP contribution in [-0.2, 0) is 18.4 Å². The highest BCUT2D eigenvalue weighted by Gasteiger charge is 2.30. The molecule has 1 saturated heterocycles. The number of carbonyl (C=O) groups excluding carboxylic acids is 2. The van der Waals surface area contributed by atoms with Crippen LogP contribution in [0.1, 0.15) is 25.1 Å². The van der Waals surface area contributed by atoms with Crippen LogP contribution in [0, 0.1) is 0 Å². The molecule has 9 heteroatoms. The van der Waals surface area contributed by atoms with Crippen LogP contribution in [0.25, 0.3) is 0 Å². The number of nitrogens with one attached hydrogen (secondary N) is 1. The van der Waals surface area contributed by atoms with Crippen molar-refractivity contribution in [2.75, 3.05) is 40.8 Å². The van der Waals surface area contributed by atoms with E-state index in [4.69, 9.17) is 0 Å². The predicted molar refractivity (Wildman–Crippen MR) is 93.8 cm³/mol. The lowest BCUT2D eigenvalue weighted by Crippen LogP contribution is -2.42. The van der Waals surface area contributed by atoms with Gasteiger partial charge >= 0.3 is 6.03 Å². The summed E-state index contributed by atoms with van der Waals surface area (Å²) < 4.78 is 1.79. The minimum atomic E-state index is -0.146. The predicted octanol–water partition coefficient (Wildman–Crippen LogP) is -0.101. The first-order valence-corrected chi connectivity index (χ1v) is 8.64. The zero-order chi connectivity index (χ0) is 18.4. The summed E-state index contributed by atoms with van der Waals surface area (Å²) in [4.78, 5) is 29.8. The zero-order valence-electron chi connectivity index (χ0n) is 15.6. The van der Waals surface area contributed by atoms with Crippen molar-refractivity contribution in [1.82, 2.24) is 34.8 Å². The average Bonchev–Trinajstić information content (AvgIpc) is 3.11. The van der Waals surface area contributed by atoms with Gasteiger partial charge in [-0.05, 0) is 26.9 Å². The maximum Gasteiger partial charge on any atom is 0.317 e. The lowest BCUT2D eigenvalue weighted by Gasteiger charge is -2.26. The molecule has 1 N–H and O–H groups in total. The fourth-order valence-electron chi connectivity index (χ4n) is 2.92. The highest BCUT2D eigenvalue weighted by molar-refractivity contribution is 5.78. The summed E-state index contributed by atoms with van der Waals surface area (Å²) in [5.74, 6) is 0.950. The number of nitrogens with zero attached hydrogens (tertiary/aromatic N) is 6. The number of hydrogen-bond donors (Lipinski definition) is 1. The van der Waals surface area contributed by atoms with Gasteiger partial charge in [-0.15, -0.1) is 10.2 Å². The van der Waals surface area contributed by atoms with E-state index in [0.29, 0.717) is 19.5 Å². The Hall–Kier alpha value is -2.16. The fourth-order valence-corrected chi connectivity index (χ4v) is 2.92. The van der Waals surface area contributed by atoms with Gasteiger partial charge in [-0.1, -0.05) is 0 Å². The topological polar surface area (TPSA) is 86.6 Å². The van der Waals surface area contributed by atoms with Crippen molar-refractivity contribution in [3.05, 3.63) is 12.2 Å². The minimum Gasteiger partial charge on any atom is -0.338 e. The van der Waals surface area contributed by atoms with Gasteiger partial charge in [0.15, 0.2) is 5.82 Å². The van der Waals surface area contributed by atoms with E-state index in [9.17, 15) is 9.59 Å². The molecule has 1 aliphatic heterocycles. The van der Waals surface area contributed by atoms with Crippen molar-refractivity contribution >= 4 is 11.9 Å². The monoisotopic (exact) mass is 351 g/mol. The molecule has 0 saturated carbocycles.